The third kappa shape index (κ3) is 2.06. The van der Waals surface area contributed by atoms with E-state index in [0.29, 0.717) is 12.2 Å². The van der Waals surface area contributed by atoms with E-state index < -0.39 is 0 Å². The fraction of sp³-hybridized carbons (Fsp3) is 0.357. The van der Waals surface area contributed by atoms with Crippen molar-refractivity contribution in [3.05, 3.63) is 51.4 Å². The van der Waals surface area contributed by atoms with E-state index in [1.807, 2.05) is 37.6 Å². The van der Waals surface area contributed by atoms with E-state index in [2.05, 4.69) is 12.1 Å². The van der Waals surface area contributed by atoms with Gasteiger partial charge in [-0.15, -0.1) is 0 Å². The molecule has 0 aliphatic rings. The van der Waals surface area contributed by atoms with E-state index in [0.717, 1.165) is 17.8 Å². The van der Waals surface area contributed by atoms with E-state index in [1.54, 1.807) is 4.68 Å². The number of rotatable bonds is 3. The minimum absolute atomic E-state index is 0.102. The van der Waals surface area contributed by atoms with Gasteiger partial charge in [-0.2, -0.15) is 0 Å². The smallest absolute Gasteiger partial charge is 0.290 e. The largest absolute Gasteiger partial charge is 0.393 e. The summed E-state index contributed by atoms with van der Waals surface area (Å²) in [5.74, 6) is 0. The van der Waals surface area contributed by atoms with Crippen LogP contribution in [0.3, 0.4) is 0 Å². The molecule has 96 valence electrons. The van der Waals surface area contributed by atoms with Crippen molar-refractivity contribution >= 4 is 5.69 Å². The summed E-state index contributed by atoms with van der Waals surface area (Å²) in [5.41, 5.74) is 9.22. The van der Waals surface area contributed by atoms with Gasteiger partial charge in [-0.05, 0) is 26.3 Å². The molecule has 0 saturated heterocycles. The van der Waals surface area contributed by atoms with E-state index in [9.17, 15) is 4.79 Å². The Morgan fingerprint density at radius 2 is 1.72 bits per heavy atom. The number of hydrogen-bond donors (Lipinski definition) is 1. The lowest BCUT2D eigenvalue weighted by atomic mass is 10.1. The molecular formula is C14H19N3O. The van der Waals surface area contributed by atoms with Crippen molar-refractivity contribution in [3.63, 3.8) is 0 Å². The Morgan fingerprint density at radius 3 is 2.28 bits per heavy atom. The second kappa shape index (κ2) is 4.72. The second-order valence-electron chi connectivity index (χ2n) is 4.56. The van der Waals surface area contributed by atoms with Crippen LogP contribution in [0.15, 0.2) is 29.1 Å². The van der Waals surface area contributed by atoms with Gasteiger partial charge in [0.15, 0.2) is 0 Å². The summed E-state index contributed by atoms with van der Waals surface area (Å²) in [6.45, 7) is 7.24. The van der Waals surface area contributed by atoms with Crippen molar-refractivity contribution in [3.8, 4) is 0 Å². The molecule has 0 saturated carbocycles. The van der Waals surface area contributed by atoms with Crippen LogP contribution in [0.5, 0.6) is 0 Å². The van der Waals surface area contributed by atoms with Crippen molar-refractivity contribution < 1.29 is 0 Å². The Kier molecular flexibility index (Phi) is 3.28. The number of benzene rings is 1. The molecule has 0 amide bonds. The van der Waals surface area contributed by atoms with Crippen LogP contribution in [0.4, 0.5) is 5.69 Å². The van der Waals surface area contributed by atoms with Gasteiger partial charge in [0, 0.05) is 6.54 Å². The van der Waals surface area contributed by atoms with Gasteiger partial charge < -0.3 is 5.73 Å². The fourth-order valence-electron chi connectivity index (χ4n) is 2.16. The summed E-state index contributed by atoms with van der Waals surface area (Å²) in [6.07, 6.45) is 0. The van der Waals surface area contributed by atoms with E-state index in [4.69, 9.17) is 5.73 Å². The quantitative estimate of drug-likeness (QED) is 0.898. The summed E-state index contributed by atoms with van der Waals surface area (Å²) >= 11 is 0. The third-order valence-electron chi connectivity index (χ3n) is 3.29. The summed E-state index contributed by atoms with van der Waals surface area (Å²) < 4.78 is 3.63. The maximum atomic E-state index is 12.1. The molecule has 0 atom stereocenters. The molecule has 1 aromatic heterocycles. The summed E-state index contributed by atoms with van der Waals surface area (Å²) in [7, 11) is 0. The molecule has 4 nitrogen and oxygen atoms in total. The molecule has 2 N–H and O–H groups in total. The number of nitrogens with two attached hydrogens (primary N) is 1. The molecule has 1 aromatic carbocycles. The lowest BCUT2D eigenvalue weighted by Gasteiger charge is -2.11. The molecule has 0 spiro atoms. The highest BCUT2D eigenvalue weighted by molar-refractivity contribution is 5.40. The molecule has 0 aliphatic heterocycles. The highest BCUT2D eigenvalue weighted by Crippen LogP contribution is 2.10. The lowest BCUT2D eigenvalue weighted by molar-refractivity contribution is 0.479. The van der Waals surface area contributed by atoms with Gasteiger partial charge in [0.2, 0.25) is 0 Å². The average molecular weight is 245 g/mol. The van der Waals surface area contributed by atoms with Crippen LogP contribution in [-0.2, 0) is 13.1 Å². The Morgan fingerprint density at radius 1 is 1.11 bits per heavy atom. The third-order valence-corrected chi connectivity index (χ3v) is 3.29. The molecule has 4 heteroatoms. The van der Waals surface area contributed by atoms with Gasteiger partial charge in [0.1, 0.15) is 5.69 Å². The zero-order valence-electron chi connectivity index (χ0n) is 11.1. The highest BCUT2D eigenvalue weighted by Gasteiger charge is 2.13. The minimum Gasteiger partial charge on any atom is -0.393 e. The standard InChI is InChI=1S/C14H19N3O/c1-4-16-11(3)13(15)14(18)17(16)9-12-7-5-10(2)6-8-12/h5-8H,4,9,15H2,1-3H3. The van der Waals surface area contributed by atoms with Crippen molar-refractivity contribution in [2.75, 3.05) is 5.73 Å². The van der Waals surface area contributed by atoms with Crippen LogP contribution in [0.1, 0.15) is 23.7 Å². The number of nitrogen functional groups attached to an aromatic ring is 1. The van der Waals surface area contributed by atoms with Crippen molar-refractivity contribution in [2.45, 2.75) is 33.9 Å². The predicted molar refractivity (Wildman–Crippen MR) is 73.8 cm³/mol. The number of hydrogen-bond acceptors (Lipinski definition) is 2. The van der Waals surface area contributed by atoms with Crippen LogP contribution >= 0.6 is 0 Å². The highest BCUT2D eigenvalue weighted by atomic mass is 16.1. The van der Waals surface area contributed by atoms with Gasteiger partial charge in [0.05, 0.1) is 12.2 Å². The maximum absolute atomic E-state index is 12.1. The van der Waals surface area contributed by atoms with E-state index in [-0.39, 0.29) is 5.56 Å². The first kappa shape index (κ1) is 12.5. The van der Waals surface area contributed by atoms with E-state index >= 15 is 0 Å². The first-order chi connectivity index (χ1) is 8.54. The average Bonchev–Trinajstić information content (AvgIpc) is 2.57. The van der Waals surface area contributed by atoms with Crippen LogP contribution in [0.2, 0.25) is 0 Å². The Bertz CT molecular complexity index is 605. The van der Waals surface area contributed by atoms with Crippen molar-refractivity contribution in [1.82, 2.24) is 9.36 Å². The fourth-order valence-corrected chi connectivity index (χ4v) is 2.16. The monoisotopic (exact) mass is 245 g/mol. The summed E-state index contributed by atoms with van der Waals surface area (Å²) in [4.78, 5) is 12.1. The normalized spacial score (nSPS) is 10.8. The van der Waals surface area contributed by atoms with Crippen molar-refractivity contribution in [2.24, 2.45) is 0 Å². The van der Waals surface area contributed by atoms with Gasteiger partial charge in [-0.25, -0.2) is 4.68 Å². The van der Waals surface area contributed by atoms with Crippen molar-refractivity contribution in [1.29, 1.82) is 0 Å². The summed E-state index contributed by atoms with van der Waals surface area (Å²) in [6, 6.07) is 8.19. The van der Waals surface area contributed by atoms with Gasteiger partial charge in [-0.3, -0.25) is 9.48 Å². The molecule has 2 rings (SSSR count). The maximum Gasteiger partial charge on any atom is 0.290 e. The number of aryl methyl sites for hydroxylation is 1. The Labute approximate surface area is 107 Å². The molecular weight excluding hydrogens is 226 g/mol. The molecule has 0 radical (unpaired) electrons. The number of aromatic nitrogens is 2. The van der Waals surface area contributed by atoms with E-state index in [1.165, 1.54) is 5.56 Å². The Hall–Kier alpha value is -1.97. The topological polar surface area (TPSA) is 52.9 Å². The predicted octanol–water partition coefficient (Wildman–Crippen LogP) is 1.92. The van der Waals surface area contributed by atoms with Crippen LogP contribution in [-0.4, -0.2) is 9.36 Å². The van der Waals surface area contributed by atoms with Crippen LogP contribution < -0.4 is 11.3 Å². The van der Waals surface area contributed by atoms with Gasteiger partial charge >= 0.3 is 0 Å². The van der Waals surface area contributed by atoms with Crippen LogP contribution in [0, 0.1) is 13.8 Å². The SMILES string of the molecule is CCn1c(C)c(N)c(=O)n1Cc1ccc(C)cc1. The zero-order chi connectivity index (χ0) is 13.3. The second-order valence-corrected chi connectivity index (χ2v) is 4.56. The molecule has 0 unspecified atom stereocenters. The number of nitrogens with zero attached hydrogens (tertiary/aromatic N) is 2. The first-order valence-corrected chi connectivity index (χ1v) is 6.15. The summed E-state index contributed by atoms with van der Waals surface area (Å²) in [5, 5.41) is 0. The first-order valence-electron chi connectivity index (χ1n) is 6.15. The molecule has 0 bridgehead atoms. The van der Waals surface area contributed by atoms with Gasteiger partial charge in [0.25, 0.3) is 5.56 Å². The van der Waals surface area contributed by atoms with Gasteiger partial charge in [-0.1, -0.05) is 29.8 Å². The zero-order valence-corrected chi connectivity index (χ0v) is 11.1. The molecule has 0 fully saturated rings. The molecule has 2 aromatic rings. The molecule has 1 heterocycles. The number of anilines is 1. The Balaban J connectivity index is 2.43. The molecule has 18 heavy (non-hydrogen) atoms. The lowest BCUT2D eigenvalue weighted by Crippen LogP contribution is -2.24. The minimum atomic E-state index is -0.102. The molecule has 0 aliphatic carbocycles. The van der Waals surface area contributed by atoms with Crippen LogP contribution in [0.25, 0.3) is 0 Å².